The quantitative estimate of drug-likeness (QED) is 0.788. The highest BCUT2D eigenvalue weighted by molar-refractivity contribution is 5.74. The molecule has 0 saturated carbocycles. The molecule has 2 rings (SSSR count). The number of ether oxygens (including phenoxy) is 1. The van der Waals surface area contributed by atoms with E-state index in [-0.39, 0.29) is 12.1 Å². The summed E-state index contributed by atoms with van der Waals surface area (Å²) in [5.74, 6) is 0. The summed E-state index contributed by atoms with van der Waals surface area (Å²) in [5, 5.41) is 5.65. The number of pyridine rings is 1. The van der Waals surface area contributed by atoms with Gasteiger partial charge in [-0.2, -0.15) is 0 Å². The second-order valence-corrected chi connectivity index (χ2v) is 3.74. The molecule has 1 unspecified atom stereocenters. The van der Waals surface area contributed by atoms with Crippen LogP contribution >= 0.6 is 0 Å². The minimum atomic E-state index is -0.146. The van der Waals surface area contributed by atoms with Gasteiger partial charge in [-0.05, 0) is 24.1 Å². The van der Waals surface area contributed by atoms with Crippen LogP contribution in [0.15, 0.2) is 24.5 Å². The Balaban J connectivity index is 1.71. The number of carbonyl (C=O) groups is 1. The molecule has 1 aromatic rings. The second kappa shape index (κ2) is 5.46. The zero-order valence-corrected chi connectivity index (χ0v) is 8.98. The highest BCUT2D eigenvalue weighted by Crippen LogP contribution is 2.02. The number of amides is 2. The van der Waals surface area contributed by atoms with E-state index in [9.17, 15) is 4.79 Å². The molecule has 5 heteroatoms. The number of hydrogen-bond donors (Lipinski definition) is 2. The van der Waals surface area contributed by atoms with Crippen molar-refractivity contribution in [2.75, 3.05) is 13.2 Å². The molecule has 0 aromatic carbocycles. The predicted molar refractivity (Wildman–Crippen MR) is 58.8 cm³/mol. The Morgan fingerprint density at radius 3 is 3.00 bits per heavy atom. The van der Waals surface area contributed by atoms with Gasteiger partial charge in [0.2, 0.25) is 0 Å². The first-order chi connectivity index (χ1) is 7.84. The van der Waals surface area contributed by atoms with E-state index in [0.717, 1.165) is 18.6 Å². The molecule has 0 radical (unpaired) electrons. The summed E-state index contributed by atoms with van der Waals surface area (Å²) in [4.78, 5) is 15.4. The molecule has 1 aliphatic rings. The Morgan fingerprint density at radius 1 is 1.50 bits per heavy atom. The lowest BCUT2D eigenvalue weighted by Gasteiger charge is -2.11. The van der Waals surface area contributed by atoms with Crippen LogP contribution in [-0.2, 0) is 11.3 Å². The molecule has 2 heterocycles. The number of urea groups is 1. The molecule has 1 atom stereocenters. The number of carbonyl (C=O) groups excluding carboxylic acids is 1. The zero-order chi connectivity index (χ0) is 11.2. The molecule has 1 aromatic heterocycles. The molecule has 86 valence electrons. The van der Waals surface area contributed by atoms with E-state index in [0.29, 0.717) is 13.2 Å². The van der Waals surface area contributed by atoms with E-state index in [1.54, 1.807) is 12.4 Å². The van der Waals surface area contributed by atoms with Gasteiger partial charge in [-0.3, -0.25) is 4.98 Å². The Labute approximate surface area is 94.2 Å². The van der Waals surface area contributed by atoms with Crippen LogP contribution in [0.3, 0.4) is 0 Å². The van der Waals surface area contributed by atoms with Crippen molar-refractivity contribution >= 4 is 6.03 Å². The summed E-state index contributed by atoms with van der Waals surface area (Å²) >= 11 is 0. The topological polar surface area (TPSA) is 63.2 Å². The van der Waals surface area contributed by atoms with Crippen molar-refractivity contribution in [2.45, 2.75) is 19.0 Å². The van der Waals surface area contributed by atoms with Gasteiger partial charge in [0, 0.05) is 25.5 Å². The maximum Gasteiger partial charge on any atom is 0.315 e. The van der Waals surface area contributed by atoms with Crippen molar-refractivity contribution in [3.05, 3.63) is 30.1 Å². The summed E-state index contributed by atoms with van der Waals surface area (Å²) in [6, 6.07) is 3.75. The van der Waals surface area contributed by atoms with Crippen LogP contribution in [0.2, 0.25) is 0 Å². The fourth-order valence-corrected chi connectivity index (χ4v) is 1.57. The number of rotatable bonds is 3. The van der Waals surface area contributed by atoms with Gasteiger partial charge >= 0.3 is 6.03 Å². The number of aromatic nitrogens is 1. The first-order valence-corrected chi connectivity index (χ1v) is 5.35. The van der Waals surface area contributed by atoms with Crippen LogP contribution in [-0.4, -0.2) is 30.3 Å². The standard InChI is InChI=1S/C11H15N3O2/c15-11(14-10-3-6-16-8-10)13-7-9-1-4-12-5-2-9/h1-2,4-5,10H,3,6-8H2,(H2,13,14,15). The fraction of sp³-hybridized carbons (Fsp3) is 0.455. The zero-order valence-electron chi connectivity index (χ0n) is 8.98. The van der Waals surface area contributed by atoms with E-state index < -0.39 is 0 Å². The third kappa shape index (κ3) is 3.20. The summed E-state index contributed by atoms with van der Waals surface area (Å²) in [6.07, 6.45) is 4.31. The lowest BCUT2D eigenvalue weighted by Crippen LogP contribution is -2.42. The van der Waals surface area contributed by atoms with E-state index >= 15 is 0 Å². The van der Waals surface area contributed by atoms with Crippen LogP contribution in [0.4, 0.5) is 4.79 Å². The summed E-state index contributed by atoms with van der Waals surface area (Å²) in [7, 11) is 0. The van der Waals surface area contributed by atoms with Gasteiger partial charge in [-0.1, -0.05) is 0 Å². The summed E-state index contributed by atoms with van der Waals surface area (Å²) < 4.78 is 5.17. The van der Waals surface area contributed by atoms with E-state index in [1.807, 2.05) is 12.1 Å². The minimum Gasteiger partial charge on any atom is -0.379 e. The van der Waals surface area contributed by atoms with Gasteiger partial charge in [-0.25, -0.2) is 4.79 Å². The van der Waals surface area contributed by atoms with Crippen molar-refractivity contribution in [2.24, 2.45) is 0 Å². The van der Waals surface area contributed by atoms with Crippen LogP contribution in [0.5, 0.6) is 0 Å². The number of hydrogen-bond acceptors (Lipinski definition) is 3. The monoisotopic (exact) mass is 221 g/mol. The molecule has 2 amide bonds. The Bertz CT molecular complexity index is 336. The van der Waals surface area contributed by atoms with Gasteiger partial charge in [-0.15, -0.1) is 0 Å². The molecule has 0 aliphatic carbocycles. The number of nitrogens with one attached hydrogen (secondary N) is 2. The van der Waals surface area contributed by atoms with Crippen LogP contribution in [0.1, 0.15) is 12.0 Å². The second-order valence-electron chi connectivity index (χ2n) is 3.74. The molecular formula is C11H15N3O2. The highest BCUT2D eigenvalue weighted by atomic mass is 16.5. The van der Waals surface area contributed by atoms with Crippen molar-refractivity contribution in [1.82, 2.24) is 15.6 Å². The third-order valence-electron chi connectivity index (χ3n) is 2.47. The van der Waals surface area contributed by atoms with Gasteiger partial charge in [0.1, 0.15) is 0 Å². The third-order valence-corrected chi connectivity index (χ3v) is 2.47. The highest BCUT2D eigenvalue weighted by Gasteiger charge is 2.17. The van der Waals surface area contributed by atoms with E-state index in [1.165, 1.54) is 0 Å². The average Bonchev–Trinajstić information content (AvgIpc) is 2.81. The molecule has 0 bridgehead atoms. The van der Waals surface area contributed by atoms with Crippen molar-refractivity contribution in [1.29, 1.82) is 0 Å². The van der Waals surface area contributed by atoms with Crippen molar-refractivity contribution in [3.8, 4) is 0 Å². The maximum atomic E-state index is 11.5. The van der Waals surface area contributed by atoms with Crippen molar-refractivity contribution < 1.29 is 9.53 Å². The fourth-order valence-electron chi connectivity index (χ4n) is 1.57. The molecule has 1 saturated heterocycles. The molecule has 1 aliphatic heterocycles. The summed E-state index contributed by atoms with van der Waals surface area (Å²) in [5.41, 5.74) is 1.04. The average molecular weight is 221 g/mol. The summed E-state index contributed by atoms with van der Waals surface area (Å²) in [6.45, 7) is 1.86. The van der Waals surface area contributed by atoms with E-state index in [4.69, 9.17) is 4.74 Å². The van der Waals surface area contributed by atoms with Crippen LogP contribution in [0.25, 0.3) is 0 Å². The molecule has 16 heavy (non-hydrogen) atoms. The Kier molecular flexibility index (Phi) is 3.71. The Hall–Kier alpha value is -1.62. The molecule has 0 spiro atoms. The minimum absolute atomic E-state index is 0.146. The molecule has 1 fully saturated rings. The van der Waals surface area contributed by atoms with Gasteiger partial charge < -0.3 is 15.4 Å². The van der Waals surface area contributed by atoms with Gasteiger partial charge in [0.15, 0.2) is 0 Å². The number of nitrogens with zero attached hydrogens (tertiary/aromatic N) is 1. The maximum absolute atomic E-state index is 11.5. The lowest BCUT2D eigenvalue weighted by molar-refractivity contribution is 0.188. The smallest absolute Gasteiger partial charge is 0.315 e. The van der Waals surface area contributed by atoms with Gasteiger partial charge in [0.05, 0.1) is 12.6 Å². The normalized spacial score (nSPS) is 19.4. The first kappa shape index (κ1) is 10.9. The van der Waals surface area contributed by atoms with E-state index in [2.05, 4.69) is 15.6 Å². The molecule has 5 nitrogen and oxygen atoms in total. The van der Waals surface area contributed by atoms with Crippen molar-refractivity contribution in [3.63, 3.8) is 0 Å². The molecular weight excluding hydrogens is 206 g/mol. The predicted octanol–water partition coefficient (Wildman–Crippen LogP) is 0.670. The van der Waals surface area contributed by atoms with Gasteiger partial charge in [0.25, 0.3) is 0 Å². The largest absolute Gasteiger partial charge is 0.379 e. The molecule has 2 N–H and O–H groups in total. The van der Waals surface area contributed by atoms with Crippen LogP contribution < -0.4 is 10.6 Å². The Morgan fingerprint density at radius 2 is 2.31 bits per heavy atom. The first-order valence-electron chi connectivity index (χ1n) is 5.35. The van der Waals surface area contributed by atoms with Crippen LogP contribution in [0, 0.1) is 0 Å². The lowest BCUT2D eigenvalue weighted by atomic mass is 10.2. The SMILES string of the molecule is O=C(NCc1ccncc1)NC1CCOC1.